The monoisotopic (exact) mass is 395 g/mol. The molecule has 0 saturated heterocycles. The molecule has 3 rings (SSSR count). The number of nitrogens with one attached hydrogen (secondary N) is 1. The van der Waals surface area contributed by atoms with Crippen molar-refractivity contribution in [2.75, 3.05) is 11.9 Å². The van der Waals surface area contributed by atoms with Crippen LogP contribution in [0.15, 0.2) is 35.1 Å². The Morgan fingerprint density at radius 1 is 1.32 bits per heavy atom. The molecule has 0 aromatic carbocycles. The highest BCUT2D eigenvalue weighted by molar-refractivity contribution is 9.10. The summed E-state index contributed by atoms with van der Waals surface area (Å²) < 4.78 is 4.97. The van der Waals surface area contributed by atoms with E-state index < -0.39 is 0 Å². The number of nitrogens with zero attached hydrogens (tertiary/aromatic N) is 4. The SMILES string of the molecule is CCNc1ncc(Br)cc1-c1snnc1-c1cccnc1Cl. The standard InChI is InChI=1S/C14H11BrClN5S/c1-2-17-14-10(6-8(15)7-19-14)12-11(20-21-22-12)9-4-3-5-18-13(9)16/h3-7H,2H2,1H3,(H,17,19). The Hall–Kier alpha value is -1.57. The van der Waals surface area contributed by atoms with E-state index in [0.717, 1.165) is 32.8 Å². The van der Waals surface area contributed by atoms with E-state index in [1.54, 1.807) is 12.4 Å². The van der Waals surface area contributed by atoms with Crippen molar-refractivity contribution in [3.05, 3.63) is 40.2 Å². The van der Waals surface area contributed by atoms with Crippen molar-refractivity contribution < 1.29 is 0 Å². The van der Waals surface area contributed by atoms with Crippen LogP contribution in [0.5, 0.6) is 0 Å². The quantitative estimate of drug-likeness (QED) is 0.657. The third-order valence-electron chi connectivity index (χ3n) is 2.95. The highest BCUT2D eigenvalue weighted by Gasteiger charge is 2.19. The maximum atomic E-state index is 6.19. The molecular weight excluding hydrogens is 386 g/mol. The Morgan fingerprint density at radius 3 is 2.95 bits per heavy atom. The first-order valence-electron chi connectivity index (χ1n) is 6.53. The van der Waals surface area contributed by atoms with Gasteiger partial charge in [-0.25, -0.2) is 9.97 Å². The van der Waals surface area contributed by atoms with Gasteiger partial charge >= 0.3 is 0 Å². The third-order valence-corrected chi connectivity index (χ3v) is 4.44. The predicted octanol–water partition coefficient (Wildman–Crippen LogP) is 4.51. The van der Waals surface area contributed by atoms with Crippen LogP contribution in [0.25, 0.3) is 21.7 Å². The molecule has 3 aromatic rings. The summed E-state index contributed by atoms with van der Waals surface area (Å²) in [5.74, 6) is 0.790. The average Bonchev–Trinajstić information content (AvgIpc) is 2.99. The lowest BCUT2D eigenvalue weighted by atomic mass is 10.1. The highest BCUT2D eigenvalue weighted by Crippen LogP contribution is 2.39. The van der Waals surface area contributed by atoms with Gasteiger partial charge < -0.3 is 5.32 Å². The summed E-state index contributed by atoms with van der Waals surface area (Å²) in [5, 5.41) is 7.89. The molecule has 0 aliphatic carbocycles. The van der Waals surface area contributed by atoms with Gasteiger partial charge in [-0.1, -0.05) is 16.1 Å². The first kappa shape index (κ1) is 15.3. The number of rotatable bonds is 4. The van der Waals surface area contributed by atoms with E-state index in [4.69, 9.17) is 11.6 Å². The molecule has 0 aliphatic heterocycles. The molecule has 5 nitrogen and oxygen atoms in total. The van der Waals surface area contributed by atoms with Gasteiger partial charge in [0.2, 0.25) is 0 Å². The number of pyridine rings is 2. The molecule has 0 fully saturated rings. The van der Waals surface area contributed by atoms with Gasteiger partial charge in [-0.15, -0.1) is 5.10 Å². The molecule has 22 heavy (non-hydrogen) atoms. The minimum atomic E-state index is 0.407. The van der Waals surface area contributed by atoms with E-state index >= 15 is 0 Å². The van der Waals surface area contributed by atoms with E-state index in [9.17, 15) is 0 Å². The summed E-state index contributed by atoms with van der Waals surface area (Å²) >= 11 is 11.0. The smallest absolute Gasteiger partial charge is 0.138 e. The third kappa shape index (κ3) is 2.97. The molecule has 8 heteroatoms. The van der Waals surface area contributed by atoms with Crippen LogP contribution < -0.4 is 5.32 Å². The van der Waals surface area contributed by atoms with Crippen LogP contribution in [0, 0.1) is 0 Å². The molecule has 3 heterocycles. The van der Waals surface area contributed by atoms with Gasteiger partial charge in [0.25, 0.3) is 0 Å². The predicted molar refractivity (Wildman–Crippen MR) is 93.2 cm³/mol. The van der Waals surface area contributed by atoms with Crippen molar-refractivity contribution in [3.63, 3.8) is 0 Å². The second-order valence-electron chi connectivity index (χ2n) is 4.37. The lowest BCUT2D eigenvalue weighted by Crippen LogP contribution is -2.01. The van der Waals surface area contributed by atoms with Crippen molar-refractivity contribution in [3.8, 4) is 21.7 Å². The van der Waals surface area contributed by atoms with E-state index in [2.05, 4.69) is 40.8 Å². The summed E-state index contributed by atoms with van der Waals surface area (Å²) in [7, 11) is 0. The molecule has 0 amide bonds. The zero-order chi connectivity index (χ0) is 15.5. The van der Waals surface area contributed by atoms with Crippen LogP contribution in [-0.4, -0.2) is 26.1 Å². The molecule has 112 valence electrons. The molecule has 0 unspecified atom stereocenters. The van der Waals surface area contributed by atoms with Gasteiger partial charge in [0.15, 0.2) is 0 Å². The summed E-state index contributed by atoms with van der Waals surface area (Å²) in [6.45, 7) is 2.80. The van der Waals surface area contributed by atoms with Gasteiger partial charge in [-0.05, 0) is 52.6 Å². The largest absolute Gasteiger partial charge is 0.370 e. The fourth-order valence-electron chi connectivity index (χ4n) is 2.03. The van der Waals surface area contributed by atoms with Crippen molar-refractivity contribution >= 4 is 44.9 Å². The summed E-state index contributed by atoms with van der Waals surface area (Å²) in [5.41, 5.74) is 2.40. The van der Waals surface area contributed by atoms with Crippen LogP contribution in [0.3, 0.4) is 0 Å². The normalized spacial score (nSPS) is 10.7. The van der Waals surface area contributed by atoms with Crippen molar-refractivity contribution in [2.45, 2.75) is 6.92 Å². The van der Waals surface area contributed by atoms with Crippen molar-refractivity contribution in [1.82, 2.24) is 19.6 Å². The average molecular weight is 397 g/mol. The summed E-state index contributed by atoms with van der Waals surface area (Å²) in [4.78, 5) is 9.44. The number of anilines is 1. The van der Waals surface area contributed by atoms with Crippen LogP contribution in [0.4, 0.5) is 5.82 Å². The molecule has 0 bridgehead atoms. The fraction of sp³-hybridized carbons (Fsp3) is 0.143. The fourth-order valence-corrected chi connectivity index (χ4v) is 3.26. The van der Waals surface area contributed by atoms with E-state index in [1.165, 1.54) is 11.5 Å². The Labute approximate surface area is 145 Å². The van der Waals surface area contributed by atoms with Crippen molar-refractivity contribution in [2.24, 2.45) is 0 Å². The maximum Gasteiger partial charge on any atom is 0.138 e. The van der Waals surface area contributed by atoms with E-state index in [-0.39, 0.29) is 0 Å². The number of halogens is 2. The van der Waals surface area contributed by atoms with Gasteiger partial charge in [0, 0.05) is 34.5 Å². The number of hydrogen-bond acceptors (Lipinski definition) is 6. The molecule has 0 atom stereocenters. The molecule has 0 aliphatic rings. The van der Waals surface area contributed by atoms with Gasteiger partial charge in [0.1, 0.15) is 16.7 Å². The zero-order valence-electron chi connectivity index (χ0n) is 11.5. The van der Waals surface area contributed by atoms with Crippen LogP contribution in [0.1, 0.15) is 6.92 Å². The van der Waals surface area contributed by atoms with E-state index in [0.29, 0.717) is 10.8 Å². The molecule has 1 N–H and O–H groups in total. The minimum absolute atomic E-state index is 0.407. The van der Waals surface area contributed by atoms with Gasteiger partial charge in [0.05, 0.1) is 4.88 Å². The highest BCUT2D eigenvalue weighted by atomic mass is 79.9. The lowest BCUT2D eigenvalue weighted by Gasteiger charge is -2.10. The minimum Gasteiger partial charge on any atom is -0.370 e. The van der Waals surface area contributed by atoms with Crippen LogP contribution >= 0.6 is 39.1 Å². The van der Waals surface area contributed by atoms with Crippen LogP contribution in [-0.2, 0) is 0 Å². The topological polar surface area (TPSA) is 63.6 Å². The zero-order valence-corrected chi connectivity index (χ0v) is 14.7. The van der Waals surface area contributed by atoms with Crippen molar-refractivity contribution in [1.29, 1.82) is 0 Å². The molecule has 0 radical (unpaired) electrons. The lowest BCUT2D eigenvalue weighted by molar-refractivity contribution is 1.15. The first-order chi connectivity index (χ1) is 10.7. The van der Waals surface area contributed by atoms with Gasteiger partial charge in [-0.2, -0.15) is 0 Å². The molecule has 0 spiro atoms. The van der Waals surface area contributed by atoms with Gasteiger partial charge in [-0.3, -0.25) is 0 Å². The Kier molecular flexibility index (Phi) is 4.66. The van der Waals surface area contributed by atoms with Crippen LogP contribution in [0.2, 0.25) is 5.15 Å². The second-order valence-corrected chi connectivity index (χ2v) is 6.40. The molecule has 3 aromatic heterocycles. The molecule has 0 saturated carbocycles. The Balaban J connectivity index is 2.17. The number of aromatic nitrogens is 4. The Bertz CT molecular complexity index is 807. The number of hydrogen-bond donors (Lipinski definition) is 1. The second kappa shape index (κ2) is 6.68. The summed E-state index contributed by atoms with van der Waals surface area (Å²) in [6, 6.07) is 5.70. The van der Waals surface area contributed by atoms with E-state index in [1.807, 2.05) is 25.1 Å². The summed E-state index contributed by atoms with van der Waals surface area (Å²) in [6.07, 6.45) is 3.41. The Morgan fingerprint density at radius 2 is 2.18 bits per heavy atom. The maximum absolute atomic E-state index is 6.19. The molecular formula is C14H11BrClN5S. The first-order valence-corrected chi connectivity index (χ1v) is 8.48.